The van der Waals surface area contributed by atoms with Crippen LogP contribution in [0.5, 0.6) is 17.2 Å². The number of carbonyl (C=O) groups excluding carboxylic acids is 2. The fourth-order valence-corrected chi connectivity index (χ4v) is 4.94. The molecule has 206 valence electrons. The van der Waals surface area contributed by atoms with Crippen LogP contribution < -0.4 is 19.5 Å². The largest absolute Gasteiger partial charge is 0.497 e. The molecule has 1 aliphatic rings. The number of methoxy groups -OCH3 is 3. The van der Waals surface area contributed by atoms with Crippen molar-refractivity contribution in [2.75, 3.05) is 21.3 Å². The van der Waals surface area contributed by atoms with Gasteiger partial charge in [-0.3, -0.25) is 14.3 Å². The number of amides is 2. The predicted octanol–water partition coefficient (Wildman–Crippen LogP) is 4.31. The molecule has 5 rings (SSSR count). The summed E-state index contributed by atoms with van der Waals surface area (Å²) >= 11 is 0. The van der Waals surface area contributed by atoms with Crippen LogP contribution in [0.15, 0.2) is 78.9 Å². The van der Waals surface area contributed by atoms with Gasteiger partial charge in [0, 0.05) is 17.7 Å². The summed E-state index contributed by atoms with van der Waals surface area (Å²) in [4.78, 5) is 29.6. The van der Waals surface area contributed by atoms with Gasteiger partial charge in [-0.2, -0.15) is 5.10 Å². The van der Waals surface area contributed by atoms with Gasteiger partial charge in [-0.25, -0.2) is 0 Å². The van der Waals surface area contributed by atoms with Crippen LogP contribution in [0.1, 0.15) is 28.5 Å². The minimum absolute atomic E-state index is 0.136. The van der Waals surface area contributed by atoms with Gasteiger partial charge in [-0.1, -0.05) is 30.3 Å². The van der Waals surface area contributed by atoms with Crippen molar-refractivity contribution in [3.63, 3.8) is 0 Å². The van der Waals surface area contributed by atoms with Crippen molar-refractivity contribution >= 4 is 11.8 Å². The molecular formula is C31H32N4O5. The van der Waals surface area contributed by atoms with E-state index in [2.05, 4.69) is 5.32 Å². The molecule has 9 nitrogen and oxygen atoms in total. The SMILES string of the molecule is COc1ccc(-c2cc3n(n2)C[C@](C)(C(=O)NCc2ccccc2)N(Cc2cc(OC)ccc2OC)C3=O)cc1. The number of rotatable bonds is 9. The highest BCUT2D eigenvalue weighted by Crippen LogP contribution is 2.34. The van der Waals surface area contributed by atoms with E-state index in [1.165, 1.54) is 0 Å². The van der Waals surface area contributed by atoms with Crippen LogP contribution in [-0.4, -0.2) is 53.4 Å². The van der Waals surface area contributed by atoms with E-state index in [1.807, 2.05) is 60.7 Å². The van der Waals surface area contributed by atoms with Crippen LogP contribution in [0.3, 0.4) is 0 Å². The number of benzene rings is 3. The van der Waals surface area contributed by atoms with E-state index in [0.29, 0.717) is 29.4 Å². The molecule has 1 aliphatic heterocycles. The molecule has 0 aliphatic carbocycles. The molecule has 1 aromatic heterocycles. The number of aromatic nitrogens is 2. The van der Waals surface area contributed by atoms with E-state index < -0.39 is 5.54 Å². The van der Waals surface area contributed by atoms with Gasteiger partial charge in [0.25, 0.3) is 5.91 Å². The monoisotopic (exact) mass is 540 g/mol. The van der Waals surface area contributed by atoms with Gasteiger partial charge in [-0.05, 0) is 61.0 Å². The number of nitrogens with zero attached hydrogens (tertiary/aromatic N) is 3. The van der Waals surface area contributed by atoms with Gasteiger partial charge < -0.3 is 24.4 Å². The molecule has 2 amide bonds. The molecule has 1 N–H and O–H groups in total. The molecule has 0 bridgehead atoms. The summed E-state index contributed by atoms with van der Waals surface area (Å²) in [5.41, 5.74) is 2.33. The third-order valence-corrected chi connectivity index (χ3v) is 7.28. The predicted molar refractivity (Wildman–Crippen MR) is 150 cm³/mol. The molecule has 0 spiro atoms. The van der Waals surface area contributed by atoms with E-state index in [4.69, 9.17) is 19.3 Å². The molecule has 3 aromatic carbocycles. The Labute approximate surface area is 233 Å². The number of ether oxygens (including phenoxy) is 3. The summed E-state index contributed by atoms with van der Waals surface area (Å²) in [5.74, 6) is 1.37. The second-order valence-corrected chi connectivity index (χ2v) is 9.81. The molecule has 9 heteroatoms. The average molecular weight is 541 g/mol. The highest BCUT2D eigenvalue weighted by Gasteiger charge is 2.48. The molecule has 0 saturated heterocycles. The summed E-state index contributed by atoms with van der Waals surface area (Å²) in [7, 11) is 4.77. The second-order valence-electron chi connectivity index (χ2n) is 9.81. The molecule has 0 saturated carbocycles. The van der Waals surface area contributed by atoms with Gasteiger partial charge in [0.1, 0.15) is 28.5 Å². The molecule has 40 heavy (non-hydrogen) atoms. The summed E-state index contributed by atoms with van der Waals surface area (Å²) in [6, 6.07) is 24.3. The highest BCUT2D eigenvalue weighted by atomic mass is 16.5. The van der Waals surface area contributed by atoms with E-state index in [-0.39, 0.29) is 24.9 Å². The zero-order valence-electron chi connectivity index (χ0n) is 23.0. The highest BCUT2D eigenvalue weighted by molar-refractivity contribution is 6.00. The topological polar surface area (TPSA) is 94.9 Å². The lowest BCUT2D eigenvalue weighted by molar-refractivity contribution is -0.133. The van der Waals surface area contributed by atoms with Crippen molar-refractivity contribution in [2.45, 2.75) is 32.1 Å². The summed E-state index contributed by atoms with van der Waals surface area (Å²) in [5, 5.41) is 7.76. The zero-order chi connectivity index (χ0) is 28.3. The second kappa shape index (κ2) is 11.1. The Balaban J connectivity index is 1.53. The van der Waals surface area contributed by atoms with Crippen molar-refractivity contribution in [2.24, 2.45) is 0 Å². The number of hydrogen-bond donors (Lipinski definition) is 1. The van der Waals surface area contributed by atoms with Crippen LogP contribution in [0.4, 0.5) is 0 Å². The van der Waals surface area contributed by atoms with Gasteiger partial charge in [-0.15, -0.1) is 0 Å². The Morgan fingerprint density at radius 3 is 2.30 bits per heavy atom. The molecular weight excluding hydrogens is 508 g/mol. The third-order valence-electron chi connectivity index (χ3n) is 7.28. The lowest BCUT2D eigenvalue weighted by Crippen LogP contribution is -2.63. The van der Waals surface area contributed by atoms with Crippen molar-refractivity contribution in [3.8, 4) is 28.5 Å². The van der Waals surface area contributed by atoms with Crippen LogP contribution in [-0.2, 0) is 24.4 Å². The first-order valence-corrected chi connectivity index (χ1v) is 12.9. The maximum Gasteiger partial charge on any atom is 0.273 e. The summed E-state index contributed by atoms with van der Waals surface area (Å²) in [6.07, 6.45) is 0. The Morgan fingerprint density at radius 1 is 0.925 bits per heavy atom. The molecule has 0 fully saturated rings. The number of hydrogen-bond acceptors (Lipinski definition) is 6. The Morgan fingerprint density at radius 2 is 1.62 bits per heavy atom. The van der Waals surface area contributed by atoms with Gasteiger partial charge >= 0.3 is 0 Å². The first-order valence-electron chi connectivity index (χ1n) is 12.9. The van der Waals surface area contributed by atoms with Gasteiger partial charge in [0.05, 0.1) is 40.1 Å². The molecule has 1 atom stereocenters. The first kappa shape index (κ1) is 26.8. The first-order chi connectivity index (χ1) is 19.4. The van der Waals surface area contributed by atoms with Crippen molar-refractivity contribution in [1.29, 1.82) is 0 Å². The third kappa shape index (κ3) is 5.10. The van der Waals surface area contributed by atoms with E-state index in [9.17, 15) is 9.59 Å². The summed E-state index contributed by atoms with van der Waals surface area (Å²) < 4.78 is 17.9. The molecule has 0 unspecified atom stereocenters. The van der Waals surface area contributed by atoms with E-state index in [0.717, 1.165) is 22.4 Å². The minimum atomic E-state index is -1.24. The standard InChI is InChI=1S/C31H32N4O5/c1-31(30(37)32-18-21-8-6-5-7-9-21)20-35-27(17-26(33-35)22-10-12-24(38-2)13-11-22)29(36)34(31)19-23-16-25(39-3)14-15-28(23)40-4/h5-17H,18-20H2,1-4H3,(H,32,37)/t31-/m1/s1. The molecule has 2 heterocycles. The van der Waals surface area contributed by atoms with E-state index in [1.54, 1.807) is 56.0 Å². The average Bonchev–Trinajstić information content (AvgIpc) is 3.42. The van der Waals surface area contributed by atoms with Crippen LogP contribution in [0.25, 0.3) is 11.3 Å². The van der Waals surface area contributed by atoms with Crippen LogP contribution >= 0.6 is 0 Å². The summed E-state index contributed by atoms with van der Waals surface area (Å²) in [6.45, 7) is 2.42. The minimum Gasteiger partial charge on any atom is -0.497 e. The van der Waals surface area contributed by atoms with E-state index >= 15 is 0 Å². The maximum atomic E-state index is 14.1. The Hall–Kier alpha value is -4.79. The smallest absolute Gasteiger partial charge is 0.273 e. The molecule has 4 aromatic rings. The van der Waals surface area contributed by atoms with Crippen LogP contribution in [0.2, 0.25) is 0 Å². The van der Waals surface area contributed by atoms with Crippen molar-refractivity contribution in [3.05, 3.63) is 95.7 Å². The number of fused-ring (bicyclic) bond motifs is 1. The van der Waals surface area contributed by atoms with Crippen molar-refractivity contribution in [1.82, 2.24) is 20.0 Å². The molecule has 0 radical (unpaired) electrons. The Kier molecular flexibility index (Phi) is 7.46. The quantitative estimate of drug-likeness (QED) is 0.340. The fourth-order valence-electron chi connectivity index (χ4n) is 4.94. The number of carbonyl (C=O) groups is 2. The zero-order valence-corrected chi connectivity index (χ0v) is 23.0. The number of nitrogens with one attached hydrogen (secondary N) is 1. The lowest BCUT2D eigenvalue weighted by atomic mass is 9.93. The normalized spacial score (nSPS) is 16.3. The fraction of sp³-hybridized carbons (Fsp3) is 0.258. The van der Waals surface area contributed by atoms with Crippen molar-refractivity contribution < 1.29 is 23.8 Å². The van der Waals surface area contributed by atoms with Gasteiger partial charge in [0.15, 0.2) is 0 Å². The van der Waals surface area contributed by atoms with Gasteiger partial charge in [0.2, 0.25) is 5.91 Å². The Bertz CT molecular complexity index is 1520. The maximum absolute atomic E-state index is 14.1. The lowest BCUT2D eigenvalue weighted by Gasteiger charge is -2.43. The van der Waals surface area contributed by atoms with Crippen LogP contribution in [0, 0.1) is 0 Å².